The highest BCUT2D eigenvalue weighted by Gasteiger charge is 2.27. The number of hydrogen-bond acceptors (Lipinski definition) is 4. The summed E-state index contributed by atoms with van der Waals surface area (Å²) < 4.78 is 61.9. The van der Waals surface area contributed by atoms with E-state index in [1.807, 2.05) is 0 Å². The van der Waals surface area contributed by atoms with E-state index in [2.05, 4.69) is 4.98 Å². The molecule has 0 amide bonds. The van der Waals surface area contributed by atoms with Crippen LogP contribution < -0.4 is 5.73 Å². The Labute approximate surface area is 102 Å². The smallest absolute Gasteiger partial charge is 0.252 e. The van der Waals surface area contributed by atoms with E-state index in [9.17, 15) is 21.6 Å². The normalized spacial score (nSPS) is 12.3. The molecule has 0 bridgehead atoms. The van der Waals surface area contributed by atoms with E-state index in [0.29, 0.717) is 4.31 Å². The quantitative estimate of drug-likeness (QED) is 0.821. The monoisotopic (exact) mass is 283 g/mol. The van der Waals surface area contributed by atoms with E-state index in [0.717, 1.165) is 18.5 Å². The zero-order valence-corrected chi connectivity index (χ0v) is 10.1. The maximum absolute atomic E-state index is 12.9. The maximum atomic E-state index is 12.9. The van der Waals surface area contributed by atoms with Gasteiger partial charge in [-0.1, -0.05) is 0 Å². The number of halogens is 3. The summed E-state index contributed by atoms with van der Waals surface area (Å²) in [6.45, 7) is -1.38. The van der Waals surface area contributed by atoms with Crippen molar-refractivity contribution in [2.45, 2.75) is 11.3 Å². The second kappa shape index (κ2) is 6.12. The molecule has 0 aliphatic heterocycles. The molecule has 0 aromatic carbocycles. The second-order valence-electron chi connectivity index (χ2n) is 3.38. The summed E-state index contributed by atoms with van der Waals surface area (Å²) in [6.07, 6.45) is -1.12. The number of pyridine rings is 1. The van der Waals surface area contributed by atoms with Gasteiger partial charge >= 0.3 is 0 Å². The van der Waals surface area contributed by atoms with Crippen molar-refractivity contribution in [3.8, 4) is 0 Å². The number of hydrogen-bond donors (Lipinski definition) is 1. The third kappa shape index (κ3) is 3.65. The molecule has 0 saturated heterocycles. The molecule has 0 fully saturated rings. The Morgan fingerprint density at radius 2 is 2.06 bits per heavy atom. The van der Waals surface area contributed by atoms with Crippen LogP contribution in [-0.2, 0) is 10.0 Å². The fourth-order valence-corrected chi connectivity index (χ4v) is 2.70. The predicted molar refractivity (Wildman–Crippen MR) is 58.0 cm³/mol. The molecule has 102 valence electrons. The third-order valence-corrected chi connectivity index (χ3v) is 3.87. The molecule has 0 aliphatic rings. The van der Waals surface area contributed by atoms with Crippen LogP contribution in [0.25, 0.3) is 0 Å². The second-order valence-corrected chi connectivity index (χ2v) is 5.32. The van der Waals surface area contributed by atoms with Gasteiger partial charge in [0, 0.05) is 19.3 Å². The first-order valence-corrected chi connectivity index (χ1v) is 6.41. The van der Waals surface area contributed by atoms with Crippen molar-refractivity contribution in [2.24, 2.45) is 5.73 Å². The molecular formula is C9H12F3N3O2S. The van der Waals surface area contributed by atoms with Crippen LogP contribution in [0.3, 0.4) is 0 Å². The summed E-state index contributed by atoms with van der Waals surface area (Å²) in [5.41, 5.74) is 5.17. The summed E-state index contributed by atoms with van der Waals surface area (Å²) in [7, 11) is -4.21. The highest BCUT2D eigenvalue weighted by molar-refractivity contribution is 7.89. The molecular weight excluding hydrogens is 271 g/mol. The zero-order valence-electron chi connectivity index (χ0n) is 9.26. The van der Waals surface area contributed by atoms with Crippen LogP contribution in [0.5, 0.6) is 0 Å². The van der Waals surface area contributed by atoms with Crippen molar-refractivity contribution >= 4 is 10.0 Å². The van der Waals surface area contributed by atoms with Crippen LogP contribution in [0.2, 0.25) is 0 Å². The molecule has 0 atom stereocenters. The Morgan fingerprint density at radius 3 is 2.56 bits per heavy atom. The van der Waals surface area contributed by atoms with Gasteiger partial charge in [0.2, 0.25) is 10.0 Å². The van der Waals surface area contributed by atoms with Gasteiger partial charge in [-0.25, -0.2) is 21.6 Å². The van der Waals surface area contributed by atoms with Crippen LogP contribution >= 0.6 is 0 Å². The first kappa shape index (κ1) is 14.9. The highest BCUT2D eigenvalue weighted by Crippen LogP contribution is 2.16. The van der Waals surface area contributed by atoms with Gasteiger partial charge in [-0.15, -0.1) is 0 Å². The summed E-state index contributed by atoms with van der Waals surface area (Å²) in [5.74, 6) is -0.860. The van der Waals surface area contributed by atoms with Crippen molar-refractivity contribution in [3.63, 3.8) is 0 Å². The number of alkyl halides is 2. The average molecular weight is 283 g/mol. The minimum Gasteiger partial charge on any atom is -0.329 e. The van der Waals surface area contributed by atoms with E-state index in [1.54, 1.807) is 0 Å². The van der Waals surface area contributed by atoms with Gasteiger partial charge in [-0.05, 0) is 6.07 Å². The van der Waals surface area contributed by atoms with E-state index in [-0.39, 0.29) is 13.1 Å². The fraction of sp³-hybridized carbons (Fsp3) is 0.444. The van der Waals surface area contributed by atoms with Crippen molar-refractivity contribution in [2.75, 3.05) is 19.6 Å². The van der Waals surface area contributed by atoms with Gasteiger partial charge in [0.25, 0.3) is 6.43 Å². The molecule has 0 spiro atoms. The molecule has 2 N–H and O–H groups in total. The van der Waals surface area contributed by atoms with Crippen molar-refractivity contribution in [1.29, 1.82) is 0 Å². The van der Waals surface area contributed by atoms with Gasteiger partial charge in [0.05, 0.1) is 12.7 Å². The first-order valence-electron chi connectivity index (χ1n) is 4.97. The van der Waals surface area contributed by atoms with Gasteiger partial charge < -0.3 is 5.73 Å². The van der Waals surface area contributed by atoms with Gasteiger partial charge in [0.15, 0.2) is 0 Å². The number of nitrogens with two attached hydrogens (primary N) is 1. The summed E-state index contributed by atoms with van der Waals surface area (Å²) in [4.78, 5) is 2.90. The van der Waals surface area contributed by atoms with Gasteiger partial charge in [0.1, 0.15) is 10.7 Å². The average Bonchev–Trinajstić information content (AvgIpc) is 2.28. The lowest BCUT2D eigenvalue weighted by Gasteiger charge is -2.20. The summed E-state index contributed by atoms with van der Waals surface area (Å²) >= 11 is 0. The lowest BCUT2D eigenvalue weighted by molar-refractivity contribution is 0.120. The molecule has 0 saturated carbocycles. The Bertz CT molecular complexity index is 496. The largest absolute Gasteiger partial charge is 0.329 e. The maximum Gasteiger partial charge on any atom is 0.252 e. The van der Waals surface area contributed by atoms with E-state index < -0.39 is 33.7 Å². The SMILES string of the molecule is NCCN(CC(F)F)S(=O)(=O)c1cncc(F)c1. The topological polar surface area (TPSA) is 76.3 Å². The van der Waals surface area contributed by atoms with Crippen LogP contribution in [0.4, 0.5) is 13.2 Å². The highest BCUT2D eigenvalue weighted by atomic mass is 32.2. The fourth-order valence-electron chi connectivity index (χ4n) is 1.29. The zero-order chi connectivity index (χ0) is 13.8. The molecule has 1 rings (SSSR count). The number of nitrogens with zero attached hydrogens (tertiary/aromatic N) is 2. The van der Waals surface area contributed by atoms with Crippen molar-refractivity contribution in [1.82, 2.24) is 9.29 Å². The Hall–Kier alpha value is -1.19. The van der Waals surface area contributed by atoms with Crippen LogP contribution in [-0.4, -0.2) is 43.8 Å². The van der Waals surface area contributed by atoms with E-state index in [1.165, 1.54) is 0 Å². The van der Waals surface area contributed by atoms with Crippen LogP contribution in [0, 0.1) is 5.82 Å². The lowest BCUT2D eigenvalue weighted by atomic mass is 10.5. The Morgan fingerprint density at radius 1 is 1.39 bits per heavy atom. The van der Waals surface area contributed by atoms with Gasteiger partial charge in [-0.2, -0.15) is 4.31 Å². The number of rotatable bonds is 6. The summed E-state index contributed by atoms with van der Waals surface area (Å²) in [6, 6.07) is 0.720. The molecule has 0 radical (unpaired) electrons. The molecule has 1 aromatic rings. The standard InChI is InChI=1S/C9H12F3N3O2S/c10-7-3-8(5-14-4-7)18(16,17)15(2-1-13)6-9(11)12/h3-5,9H,1-2,6,13H2. The van der Waals surface area contributed by atoms with Crippen LogP contribution in [0.1, 0.15) is 0 Å². The molecule has 9 heteroatoms. The lowest BCUT2D eigenvalue weighted by Crippen LogP contribution is -2.38. The predicted octanol–water partition coefficient (Wildman–Crippen LogP) is 0.435. The molecule has 1 aromatic heterocycles. The van der Waals surface area contributed by atoms with Gasteiger partial charge in [-0.3, -0.25) is 4.98 Å². The van der Waals surface area contributed by atoms with Crippen molar-refractivity contribution < 1.29 is 21.6 Å². The summed E-state index contributed by atoms with van der Waals surface area (Å²) in [5, 5.41) is 0. The molecule has 5 nitrogen and oxygen atoms in total. The Kier molecular flexibility index (Phi) is 5.05. The van der Waals surface area contributed by atoms with Crippen molar-refractivity contribution in [3.05, 3.63) is 24.3 Å². The first-order chi connectivity index (χ1) is 8.37. The number of sulfonamides is 1. The van der Waals surface area contributed by atoms with E-state index in [4.69, 9.17) is 5.73 Å². The molecule has 18 heavy (non-hydrogen) atoms. The molecule has 0 aliphatic carbocycles. The Balaban J connectivity index is 3.08. The molecule has 1 heterocycles. The minimum atomic E-state index is -4.21. The molecule has 0 unspecified atom stereocenters. The minimum absolute atomic E-state index is 0.116. The third-order valence-electron chi connectivity index (χ3n) is 2.04. The van der Waals surface area contributed by atoms with Crippen LogP contribution in [0.15, 0.2) is 23.4 Å². The number of aromatic nitrogens is 1. The van der Waals surface area contributed by atoms with E-state index >= 15 is 0 Å².